The summed E-state index contributed by atoms with van der Waals surface area (Å²) in [6, 6.07) is 16.0. The number of hydrogen-bond acceptors (Lipinski definition) is 7. The predicted molar refractivity (Wildman–Crippen MR) is 165 cm³/mol. The molecule has 2 unspecified atom stereocenters. The molecule has 0 spiro atoms. The quantitative estimate of drug-likeness (QED) is 0.189. The van der Waals surface area contributed by atoms with Gasteiger partial charge in [0.15, 0.2) is 5.25 Å². The van der Waals surface area contributed by atoms with E-state index in [2.05, 4.69) is 9.98 Å². The number of pyridine rings is 1. The van der Waals surface area contributed by atoms with Crippen molar-refractivity contribution < 1.29 is 44.2 Å². The Morgan fingerprint density at radius 3 is 1.77 bits per heavy atom. The Morgan fingerprint density at radius 2 is 1.35 bits per heavy atom. The van der Waals surface area contributed by atoms with Crippen LogP contribution in [0, 0.1) is 17.5 Å². The van der Waals surface area contributed by atoms with Gasteiger partial charge in [-0.2, -0.15) is 13.2 Å². The van der Waals surface area contributed by atoms with Gasteiger partial charge in [0.2, 0.25) is 16.0 Å². The fraction of sp³-hybridized carbons (Fsp3) is 0.273. The zero-order valence-electron chi connectivity index (χ0n) is 26.1. The lowest BCUT2D eigenvalue weighted by atomic mass is 9.86. The molecule has 4 aromatic rings. The Labute approximate surface area is 273 Å². The fourth-order valence-corrected chi connectivity index (χ4v) is 7.55. The number of rotatable bonds is 8. The molecule has 0 radical (unpaired) electrons. The number of sulfonamides is 1. The molecule has 1 aliphatic heterocycles. The molecule has 8 nitrogen and oxygen atoms in total. The topological polar surface area (TPSA) is 84.3 Å². The van der Waals surface area contributed by atoms with Crippen LogP contribution in [0.4, 0.5) is 26.3 Å². The highest BCUT2D eigenvalue weighted by atomic mass is 32.2. The van der Waals surface area contributed by atoms with E-state index in [-0.39, 0.29) is 19.0 Å². The van der Waals surface area contributed by atoms with E-state index < -0.39 is 61.3 Å². The van der Waals surface area contributed by atoms with Crippen molar-refractivity contribution in [2.75, 3.05) is 21.3 Å². The predicted octanol–water partition coefficient (Wildman–Crippen LogP) is 6.83. The van der Waals surface area contributed by atoms with Gasteiger partial charge >= 0.3 is 6.18 Å². The standard InChI is InChI=1S/C33H30F6N4O4S/c1-32(29-26(35)15-23(34)16-27(29)36)30(28-14-9-22(17-40-28)33(37,38)39)48(44,45)42(2)31(41-32)43(18-20-5-10-24(46-3)11-6-20)19-21-7-12-25(47-4)13-8-21/h5-17,30H,18-19H2,1-4H3. The van der Waals surface area contributed by atoms with Crippen molar-refractivity contribution in [1.82, 2.24) is 14.2 Å². The molecule has 2 atom stereocenters. The van der Waals surface area contributed by atoms with E-state index in [4.69, 9.17) is 9.47 Å². The molecule has 3 aromatic carbocycles. The van der Waals surface area contributed by atoms with Gasteiger partial charge in [0.1, 0.15) is 34.5 Å². The highest BCUT2D eigenvalue weighted by Gasteiger charge is 2.55. The second-order valence-electron chi connectivity index (χ2n) is 11.2. The highest BCUT2D eigenvalue weighted by Crippen LogP contribution is 2.49. The number of halogens is 6. The summed E-state index contributed by atoms with van der Waals surface area (Å²) in [6.07, 6.45) is -4.36. The van der Waals surface area contributed by atoms with E-state index in [1.807, 2.05) is 0 Å². The van der Waals surface area contributed by atoms with Gasteiger partial charge in [-0.05, 0) is 54.4 Å². The smallest absolute Gasteiger partial charge is 0.417 e. The first-order valence-corrected chi connectivity index (χ1v) is 15.9. The van der Waals surface area contributed by atoms with Gasteiger partial charge in [0.05, 0.1) is 31.0 Å². The molecule has 254 valence electrons. The zero-order valence-corrected chi connectivity index (χ0v) is 26.9. The number of alkyl halides is 3. The first-order valence-electron chi connectivity index (χ1n) is 14.3. The largest absolute Gasteiger partial charge is 0.497 e. The van der Waals surface area contributed by atoms with Crippen molar-refractivity contribution in [2.24, 2.45) is 4.99 Å². The van der Waals surface area contributed by atoms with Crippen LogP contribution in [0.1, 0.15) is 40.1 Å². The van der Waals surface area contributed by atoms with Crippen LogP contribution in [0.15, 0.2) is 84.0 Å². The molecule has 1 aromatic heterocycles. The molecule has 2 heterocycles. The summed E-state index contributed by atoms with van der Waals surface area (Å²) in [7, 11) is -0.579. The maximum atomic E-state index is 15.6. The molecule has 15 heteroatoms. The van der Waals surface area contributed by atoms with Crippen molar-refractivity contribution >= 4 is 16.0 Å². The third-order valence-corrected chi connectivity index (χ3v) is 10.3. The van der Waals surface area contributed by atoms with Gasteiger partial charge in [0.25, 0.3) is 0 Å². The SMILES string of the molecule is COc1ccc(CN(Cc2ccc(OC)cc2)C2=NC(C)(c3c(F)cc(F)cc3F)C(c3ccc(C(F)(F)F)cn3)S(=O)(=O)N2C)cc1. The number of ether oxygens (including phenoxy) is 2. The molecule has 5 rings (SSSR count). The molecule has 0 fully saturated rings. The first-order chi connectivity index (χ1) is 22.6. The van der Waals surface area contributed by atoms with Crippen LogP contribution in [-0.2, 0) is 34.8 Å². The first kappa shape index (κ1) is 34.5. The van der Waals surface area contributed by atoms with Crippen LogP contribution >= 0.6 is 0 Å². The van der Waals surface area contributed by atoms with E-state index in [9.17, 15) is 26.0 Å². The molecular formula is C33H30F6N4O4S. The lowest BCUT2D eigenvalue weighted by Crippen LogP contribution is -2.55. The summed E-state index contributed by atoms with van der Waals surface area (Å²) in [5.41, 5.74) is -3.55. The van der Waals surface area contributed by atoms with Gasteiger partial charge in [-0.15, -0.1) is 0 Å². The van der Waals surface area contributed by atoms with Gasteiger partial charge < -0.3 is 14.4 Å². The van der Waals surface area contributed by atoms with Crippen LogP contribution < -0.4 is 9.47 Å². The number of methoxy groups -OCH3 is 2. The number of aromatic nitrogens is 1. The summed E-state index contributed by atoms with van der Waals surface area (Å²) >= 11 is 0. The molecule has 0 aliphatic carbocycles. The Bertz CT molecular complexity index is 1850. The third kappa shape index (κ3) is 6.64. The lowest BCUT2D eigenvalue weighted by Gasteiger charge is -2.44. The Balaban J connectivity index is 1.74. The van der Waals surface area contributed by atoms with Gasteiger partial charge in [0, 0.05) is 38.5 Å². The van der Waals surface area contributed by atoms with Crippen LogP contribution in [0.3, 0.4) is 0 Å². The second-order valence-corrected chi connectivity index (χ2v) is 13.3. The maximum absolute atomic E-state index is 15.6. The molecule has 0 amide bonds. The molecule has 48 heavy (non-hydrogen) atoms. The molecular weight excluding hydrogens is 662 g/mol. The molecule has 0 bridgehead atoms. The number of nitrogens with zero attached hydrogens (tertiary/aromatic N) is 4. The monoisotopic (exact) mass is 692 g/mol. The number of hydrogen-bond donors (Lipinski definition) is 0. The molecule has 0 saturated heterocycles. The Hall–Kier alpha value is -4.79. The Kier molecular flexibility index (Phi) is 9.37. The third-order valence-electron chi connectivity index (χ3n) is 8.05. The minimum absolute atomic E-state index is 0.0440. The van der Waals surface area contributed by atoms with E-state index in [1.54, 1.807) is 53.4 Å². The minimum Gasteiger partial charge on any atom is -0.497 e. The van der Waals surface area contributed by atoms with E-state index in [0.29, 0.717) is 47.0 Å². The number of aliphatic imine (C=N–C) groups is 1. The number of guanidine groups is 1. The molecule has 0 saturated carbocycles. The van der Waals surface area contributed by atoms with Crippen LogP contribution in [0.2, 0.25) is 0 Å². The molecule has 1 aliphatic rings. The number of benzene rings is 3. The van der Waals surface area contributed by atoms with E-state index in [0.717, 1.165) is 17.3 Å². The average molecular weight is 693 g/mol. The van der Waals surface area contributed by atoms with Gasteiger partial charge in [-0.3, -0.25) is 4.98 Å². The summed E-state index contributed by atoms with van der Waals surface area (Å²) in [5.74, 6) is -3.25. The van der Waals surface area contributed by atoms with Crippen molar-refractivity contribution in [3.8, 4) is 11.5 Å². The van der Waals surface area contributed by atoms with Crippen molar-refractivity contribution in [1.29, 1.82) is 0 Å². The molecule has 0 N–H and O–H groups in total. The fourth-order valence-electron chi connectivity index (χ4n) is 5.65. The summed E-state index contributed by atoms with van der Waals surface area (Å²) < 4.78 is 126. The highest BCUT2D eigenvalue weighted by molar-refractivity contribution is 7.90. The lowest BCUT2D eigenvalue weighted by molar-refractivity contribution is -0.137. The van der Waals surface area contributed by atoms with Crippen LogP contribution in [0.5, 0.6) is 11.5 Å². The normalized spacial score (nSPS) is 19.1. The Morgan fingerprint density at radius 1 is 0.854 bits per heavy atom. The summed E-state index contributed by atoms with van der Waals surface area (Å²) in [4.78, 5) is 10.0. The van der Waals surface area contributed by atoms with Crippen molar-refractivity contribution in [2.45, 2.75) is 37.0 Å². The van der Waals surface area contributed by atoms with Crippen LogP contribution in [0.25, 0.3) is 0 Å². The van der Waals surface area contributed by atoms with E-state index >= 15 is 8.78 Å². The summed E-state index contributed by atoms with van der Waals surface area (Å²) in [6.45, 7) is 1.21. The van der Waals surface area contributed by atoms with Crippen LogP contribution in [-0.4, -0.2) is 49.8 Å². The van der Waals surface area contributed by atoms with Crippen molar-refractivity contribution in [3.63, 3.8) is 0 Å². The van der Waals surface area contributed by atoms with E-state index in [1.165, 1.54) is 21.3 Å². The maximum Gasteiger partial charge on any atom is 0.417 e. The van der Waals surface area contributed by atoms with Crippen molar-refractivity contribution in [3.05, 3.63) is 124 Å². The summed E-state index contributed by atoms with van der Waals surface area (Å²) in [5, 5.41) is -2.03. The minimum atomic E-state index is -4.79. The average Bonchev–Trinajstić information content (AvgIpc) is 3.02. The van der Waals surface area contributed by atoms with Gasteiger partial charge in [-0.25, -0.2) is 30.9 Å². The zero-order chi connectivity index (χ0) is 35.0. The van der Waals surface area contributed by atoms with Gasteiger partial charge in [-0.1, -0.05) is 24.3 Å². The second kappa shape index (κ2) is 13.0.